The number of hydrogen-bond donors (Lipinski definition) is 3. The molecule has 1 aliphatic rings. The molecule has 3 N–H and O–H groups in total. The number of halogens is 1. The van der Waals surface area contributed by atoms with Crippen LogP contribution in [0, 0.1) is 5.82 Å². The zero-order valence-corrected chi connectivity index (χ0v) is 16.6. The van der Waals surface area contributed by atoms with Crippen LogP contribution in [-0.4, -0.2) is 66.7 Å². The van der Waals surface area contributed by atoms with E-state index in [2.05, 4.69) is 5.32 Å². The van der Waals surface area contributed by atoms with Crippen LogP contribution in [0.2, 0.25) is 0 Å². The van der Waals surface area contributed by atoms with Crippen molar-refractivity contribution in [2.45, 2.75) is 44.9 Å². The van der Waals surface area contributed by atoms with E-state index in [0.29, 0.717) is 5.69 Å². The molecule has 156 valence electrons. The van der Waals surface area contributed by atoms with Gasteiger partial charge >= 0.3 is 6.09 Å². The normalized spacial score (nSPS) is 18.8. The van der Waals surface area contributed by atoms with Gasteiger partial charge in [0.1, 0.15) is 17.5 Å². The Balaban J connectivity index is 2.33. The van der Waals surface area contributed by atoms with Gasteiger partial charge in [-0.2, -0.15) is 0 Å². The number of likely N-dealkylation sites (N-methyl/N-ethyl adjacent to an activating group) is 1. The molecule has 1 unspecified atom stereocenters. The van der Waals surface area contributed by atoms with Gasteiger partial charge in [-0.3, -0.25) is 4.79 Å². The number of fused-ring (bicyclic) bond motifs is 1. The Bertz CT molecular complexity index is 722. The minimum absolute atomic E-state index is 0.0222. The highest BCUT2D eigenvalue weighted by molar-refractivity contribution is 6.01. The van der Waals surface area contributed by atoms with Gasteiger partial charge < -0.3 is 30.1 Å². The molecule has 0 aliphatic carbocycles. The molecule has 1 aromatic carbocycles. The number of nitrogens with one attached hydrogen (secondary N) is 1. The SMILES string of the molecule is CN1C(=O)[C@@H](NC(=O)OC(C)(C)C)CCN(CC(O)CO)c2c(F)cccc21. The molecule has 0 bridgehead atoms. The smallest absolute Gasteiger partial charge is 0.408 e. The maximum atomic E-state index is 14.6. The summed E-state index contributed by atoms with van der Waals surface area (Å²) in [6, 6.07) is 3.46. The zero-order chi connectivity index (χ0) is 21.1. The highest BCUT2D eigenvalue weighted by Crippen LogP contribution is 2.34. The van der Waals surface area contributed by atoms with Crippen LogP contribution >= 0.6 is 0 Å². The Labute approximate surface area is 163 Å². The van der Waals surface area contributed by atoms with E-state index in [9.17, 15) is 24.2 Å². The maximum Gasteiger partial charge on any atom is 0.408 e. The number of nitrogens with zero attached hydrogens (tertiary/aromatic N) is 2. The number of amides is 2. The number of carbonyl (C=O) groups excluding carboxylic acids is 2. The summed E-state index contributed by atoms with van der Waals surface area (Å²) in [5, 5.41) is 21.6. The van der Waals surface area contributed by atoms with Crippen molar-refractivity contribution in [1.29, 1.82) is 0 Å². The summed E-state index contributed by atoms with van der Waals surface area (Å²) < 4.78 is 19.8. The molecular weight excluding hydrogens is 369 g/mol. The number of benzene rings is 1. The van der Waals surface area contributed by atoms with Crippen LogP contribution in [0.5, 0.6) is 0 Å². The lowest BCUT2D eigenvalue weighted by atomic mass is 10.1. The van der Waals surface area contributed by atoms with E-state index in [-0.39, 0.29) is 25.2 Å². The molecule has 1 aromatic rings. The number of rotatable bonds is 4. The number of β-amino-alcohol motifs (C(OH)–C–C–N with tert-alkyl or cyclic N) is 1. The van der Waals surface area contributed by atoms with Crippen molar-refractivity contribution >= 4 is 23.4 Å². The van der Waals surface area contributed by atoms with Crippen molar-refractivity contribution in [3.63, 3.8) is 0 Å². The fourth-order valence-electron chi connectivity index (χ4n) is 3.04. The molecule has 2 amide bonds. The summed E-state index contributed by atoms with van der Waals surface area (Å²) in [5.74, 6) is -0.944. The summed E-state index contributed by atoms with van der Waals surface area (Å²) in [6.07, 6.45) is -1.62. The summed E-state index contributed by atoms with van der Waals surface area (Å²) in [5.41, 5.74) is -0.236. The summed E-state index contributed by atoms with van der Waals surface area (Å²) in [7, 11) is 1.50. The fraction of sp³-hybridized carbons (Fsp3) is 0.579. The Morgan fingerprint density at radius 3 is 2.71 bits per heavy atom. The molecule has 0 fully saturated rings. The number of hydrogen-bond acceptors (Lipinski definition) is 6. The molecule has 8 nitrogen and oxygen atoms in total. The Kier molecular flexibility index (Phi) is 6.84. The number of para-hydroxylation sites is 1. The third-order valence-electron chi connectivity index (χ3n) is 4.29. The minimum Gasteiger partial charge on any atom is -0.444 e. The van der Waals surface area contributed by atoms with E-state index in [0.717, 1.165) is 0 Å². The number of aliphatic hydroxyl groups is 2. The first-order valence-electron chi connectivity index (χ1n) is 9.13. The minimum atomic E-state index is -1.08. The quantitative estimate of drug-likeness (QED) is 0.707. The van der Waals surface area contributed by atoms with Gasteiger partial charge in [0.15, 0.2) is 0 Å². The van der Waals surface area contributed by atoms with Gasteiger partial charge in [0.25, 0.3) is 0 Å². The summed E-state index contributed by atoms with van der Waals surface area (Å²) in [6.45, 7) is 4.84. The van der Waals surface area contributed by atoms with Gasteiger partial charge in [-0.25, -0.2) is 9.18 Å². The number of ether oxygens (including phenoxy) is 1. The lowest BCUT2D eigenvalue weighted by molar-refractivity contribution is -0.120. The lowest BCUT2D eigenvalue weighted by Crippen LogP contribution is -2.52. The third-order valence-corrected chi connectivity index (χ3v) is 4.29. The average molecular weight is 397 g/mol. The van der Waals surface area contributed by atoms with Gasteiger partial charge in [0.05, 0.1) is 24.1 Å². The van der Waals surface area contributed by atoms with E-state index >= 15 is 0 Å². The first kappa shape index (κ1) is 21.9. The van der Waals surface area contributed by atoms with E-state index in [1.165, 1.54) is 24.1 Å². The van der Waals surface area contributed by atoms with Crippen LogP contribution < -0.4 is 15.1 Å². The molecule has 0 saturated heterocycles. The van der Waals surface area contributed by atoms with Gasteiger partial charge in [-0.05, 0) is 39.3 Å². The van der Waals surface area contributed by atoms with E-state index in [1.807, 2.05) is 0 Å². The monoisotopic (exact) mass is 397 g/mol. The predicted molar refractivity (Wildman–Crippen MR) is 103 cm³/mol. The molecule has 1 aliphatic heterocycles. The van der Waals surface area contributed by atoms with Crippen LogP contribution in [0.3, 0.4) is 0 Å². The van der Waals surface area contributed by atoms with E-state index in [4.69, 9.17) is 4.74 Å². The van der Waals surface area contributed by atoms with Gasteiger partial charge in [0.2, 0.25) is 5.91 Å². The first-order valence-corrected chi connectivity index (χ1v) is 9.13. The van der Waals surface area contributed by atoms with Gasteiger partial charge in [-0.15, -0.1) is 0 Å². The van der Waals surface area contributed by atoms with Crippen LogP contribution in [0.4, 0.5) is 20.6 Å². The Morgan fingerprint density at radius 2 is 2.11 bits per heavy atom. The zero-order valence-electron chi connectivity index (χ0n) is 16.6. The average Bonchev–Trinajstić information content (AvgIpc) is 2.60. The highest BCUT2D eigenvalue weighted by Gasteiger charge is 2.33. The number of carbonyl (C=O) groups is 2. The van der Waals surface area contributed by atoms with Crippen molar-refractivity contribution in [1.82, 2.24) is 5.32 Å². The van der Waals surface area contributed by atoms with Crippen molar-refractivity contribution in [2.75, 3.05) is 36.5 Å². The Morgan fingerprint density at radius 1 is 1.43 bits per heavy atom. The second kappa shape index (κ2) is 8.74. The van der Waals surface area contributed by atoms with E-state index < -0.39 is 42.2 Å². The summed E-state index contributed by atoms with van der Waals surface area (Å²) >= 11 is 0. The number of anilines is 2. The molecule has 2 rings (SSSR count). The van der Waals surface area contributed by atoms with Crippen molar-refractivity contribution in [2.24, 2.45) is 0 Å². The van der Waals surface area contributed by atoms with E-state index in [1.54, 1.807) is 31.7 Å². The van der Waals surface area contributed by atoms with Crippen LogP contribution in [0.15, 0.2) is 18.2 Å². The van der Waals surface area contributed by atoms with Crippen LogP contribution in [0.1, 0.15) is 27.2 Å². The standard InChI is InChI=1S/C19H28FN3O5/c1-19(2,3)28-18(27)21-14-8-9-23(10-12(25)11-24)16-13(20)6-5-7-15(16)22(4)17(14)26/h5-7,12,14,24-25H,8-11H2,1-4H3,(H,21,27)/t12?,14-/m0/s1. The topological polar surface area (TPSA) is 102 Å². The first-order chi connectivity index (χ1) is 13.0. The molecule has 0 saturated carbocycles. The van der Waals surface area contributed by atoms with Crippen molar-refractivity contribution in [3.8, 4) is 0 Å². The molecule has 0 spiro atoms. The van der Waals surface area contributed by atoms with Crippen LogP contribution in [-0.2, 0) is 9.53 Å². The molecule has 0 radical (unpaired) electrons. The van der Waals surface area contributed by atoms with Crippen molar-refractivity contribution < 1.29 is 28.9 Å². The predicted octanol–water partition coefficient (Wildman–Crippen LogP) is 1.25. The largest absolute Gasteiger partial charge is 0.444 e. The molecule has 2 atom stereocenters. The number of alkyl carbamates (subject to hydrolysis) is 1. The number of aliphatic hydroxyl groups excluding tert-OH is 2. The maximum absolute atomic E-state index is 14.6. The van der Waals surface area contributed by atoms with Crippen LogP contribution in [0.25, 0.3) is 0 Å². The molecular formula is C19H28FN3O5. The van der Waals surface area contributed by atoms with Crippen molar-refractivity contribution in [3.05, 3.63) is 24.0 Å². The third kappa shape index (κ3) is 5.32. The van der Waals surface area contributed by atoms with Gasteiger partial charge in [-0.1, -0.05) is 6.07 Å². The summed E-state index contributed by atoms with van der Waals surface area (Å²) in [4.78, 5) is 27.9. The highest BCUT2D eigenvalue weighted by atomic mass is 19.1. The second-order valence-electron chi connectivity index (χ2n) is 7.77. The molecule has 9 heteroatoms. The Hall–Kier alpha value is -2.39. The lowest BCUT2D eigenvalue weighted by Gasteiger charge is -2.36. The molecule has 0 aromatic heterocycles. The van der Waals surface area contributed by atoms with Gasteiger partial charge in [0, 0.05) is 20.1 Å². The second-order valence-corrected chi connectivity index (χ2v) is 7.77. The molecule has 1 heterocycles. The molecule has 28 heavy (non-hydrogen) atoms. The fourth-order valence-corrected chi connectivity index (χ4v) is 3.04.